The van der Waals surface area contributed by atoms with Crippen LogP contribution in [0, 0.1) is 0 Å². The van der Waals surface area contributed by atoms with E-state index in [0.717, 1.165) is 25.1 Å². The molecule has 0 spiro atoms. The first kappa shape index (κ1) is 14.3. The Morgan fingerprint density at radius 1 is 1.42 bits per heavy atom. The summed E-state index contributed by atoms with van der Waals surface area (Å²) in [6, 6.07) is 3.01. The number of halogens is 4. The molecule has 1 fully saturated rings. The van der Waals surface area contributed by atoms with Gasteiger partial charge in [-0.15, -0.1) is 0 Å². The number of carbonyl (C=O) groups is 1. The Morgan fingerprint density at radius 3 is 2.74 bits per heavy atom. The summed E-state index contributed by atoms with van der Waals surface area (Å²) in [5.41, 5.74) is -0.827. The van der Waals surface area contributed by atoms with Gasteiger partial charge in [-0.25, -0.2) is 0 Å². The minimum Gasteiger partial charge on any atom is -0.348 e. The molecule has 0 aromatic heterocycles. The first-order chi connectivity index (χ1) is 8.88. The Kier molecular flexibility index (Phi) is 4.15. The van der Waals surface area contributed by atoms with Crippen molar-refractivity contribution in [2.45, 2.75) is 18.6 Å². The average molecular weight is 337 g/mol. The van der Waals surface area contributed by atoms with E-state index in [1.807, 2.05) is 0 Å². The highest BCUT2D eigenvalue weighted by Crippen LogP contribution is 2.31. The molecule has 2 N–H and O–H groups in total. The lowest BCUT2D eigenvalue weighted by molar-refractivity contribution is -0.137. The monoisotopic (exact) mass is 336 g/mol. The molecule has 1 atom stereocenters. The van der Waals surface area contributed by atoms with Crippen LogP contribution >= 0.6 is 15.9 Å². The maximum atomic E-state index is 12.6. The van der Waals surface area contributed by atoms with Crippen LogP contribution in [0.25, 0.3) is 0 Å². The molecule has 3 nitrogen and oxygen atoms in total. The van der Waals surface area contributed by atoms with Gasteiger partial charge in [0, 0.05) is 17.1 Å². The van der Waals surface area contributed by atoms with Crippen molar-refractivity contribution in [1.82, 2.24) is 10.6 Å². The van der Waals surface area contributed by atoms with E-state index in [2.05, 4.69) is 26.6 Å². The molecule has 0 radical (unpaired) electrons. The highest BCUT2D eigenvalue weighted by atomic mass is 79.9. The van der Waals surface area contributed by atoms with Gasteiger partial charge >= 0.3 is 6.18 Å². The van der Waals surface area contributed by atoms with E-state index in [-0.39, 0.29) is 11.6 Å². The van der Waals surface area contributed by atoms with Gasteiger partial charge in [-0.2, -0.15) is 13.2 Å². The lowest BCUT2D eigenvalue weighted by atomic mass is 10.1. The van der Waals surface area contributed by atoms with Crippen LogP contribution in [0.5, 0.6) is 0 Å². The zero-order valence-corrected chi connectivity index (χ0v) is 11.4. The molecule has 0 unspecified atom stereocenters. The number of hydrogen-bond donors (Lipinski definition) is 2. The SMILES string of the molecule is O=C(N[C@@H]1CCNC1)c1cc(C(F)(F)F)ccc1Br. The summed E-state index contributed by atoms with van der Waals surface area (Å²) in [7, 11) is 0. The minimum atomic E-state index is -4.45. The second-order valence-corrected chi connectivity index (χ2v) is 5.21. The molecular weight excluding hydrogens is 325 g/mol. The quantitative estimate of drug-likeness (QED) is 0.871. The van der Waals surface area contributed by atoms with Gasteiger partial charge in [0.2, 0.25) is 0 Å². The maximum absolute atomic E-state index is 12.6. The number of nitrogens with one attached hydrogen (secondary N) is 2. The first-order valence-electron chi connectivity index (χ1n) is 5.76. The standard InChI is InChI=1S/C12H12BrF3N2O/c13-10-2-1-7(12(14,15)16)5-9(10)11(19)18-8-3-4-17-6-8/h1-2,5,8,17H,3-4,6H2,(H,18,19)/t8-/m1/s1. The molecule has 1 heterocycles. The molecule has 1 aromatic rings. The third kappa shape index (κ3) is 3.48. The number of hydrogen-bond acceptors (Lipinski definition) is 2. The highest BCUT2D eigenvalue weighted by Gasteiger charge is 2.31. The topological polar surface area (TPSA) is 41.1 Å². The Hall–Kier alpha value is -1.08. The fraction of sp³-hybridized carbons (Fsp3) is 0.417. The molecule has 7 heteroatoms. The molecule has 0 bridgehead atoms. The summed E-state index contributed by atoms with van der Waals surface area (Å²) in [6.07, 6.45) is -3.67. The normalized spacial score (nSPS) is 19.5. The van der Waals surface area contributed by atoms with Crippen LogP contribution in [0.1, 0.15) is 22.3 Å². The largest absolute Gasteiger partial charge is 0.416 e. The van der Waals surface area contributed by atoms with Crippen LogP contribution in [0.15, 0.2) is 22.7 Å². The van der Waals surface area contributed by atoms with E-state index in [4.69, 9.17) is 0 Å². The van der Waals surface area contributed by atoms with Crippen LogP contribution in [0.2, 0.25) is 0 Å². The maximum Gasteiger partial charge on any atom is 0.416 e. The number of amides is 1. The zero-order chi connectivity index (χ0) is 14.0. The van der Waals surface area contributed by atoms with Crippen molar-refractivity contribution in [3.63, 3.8) is 0 Å². The highest BCUT2D eigenvalue weighted by molar-refractivity contribution is 9.10. The second-order valence-electron chi connectivity index (χ2n) is 4.36. The van der Waals surface area contributed by atoms with Gasteiger partial charge in [0.25, 0.3) is 5.91 Å². The number of rotatable bonds is 2. The molecule has 0 saturated carbocycles. The van der Waals surface area contributed by atoms with Crippen molar-refractivity contribution in [2.75, 3.05) is 13.1 Å². The molecule has 1 saturated heterocycles. The molecule has 19 heavy (non-hydrogen) atoms. The molecule has 0 aliphatic carbocycles. The van der Waals surface area contributed by atoms with E-state index < -0.39 is 17.6 Å². The van der Waals surface area contributed by atoms with Gasteiger partial charge < -0.3 is 10.6 Å². The van der Waals surface area contributed by atoms with Crippen LogP contribution in [-0.4, -0.2) is 25.0 Å². The van der Waals surface area contributed by atoms with Crippen LogP contribution in [0.3, 0.4) is 0 Å². The fourth-order valence-corrected chi connectivity index (χ4v) is 2.34. The van der Waals surface area contributed by atoms with Crippen LogP contribution < -0.4 is 10.6 Å². The summed E-state index contributed by atoms with van der Waals surface area (Å²) < 4.78 is 38.2. The summed E-state index contributed by atoms with van der Waals surface area (Å²) in [6.45, 7) is 1.44. The van der Waals surface area contributed by atoms with Crippen molar-refractivity contribution in [3.05, 3.63) is 33.8 Å². The summed E-state index contributed by atoms with van der Waals surface area (Å²) >= 11 is 3.10. The molecule has 104 valence electrons. The predicted molar refractivity (Wildman–Crippen MR) is 67.9 cm³/mol. The lowest BCUT2D eigenvalue weighted by Gasteiger charge is -2.14. The van der Waals surface area contributed by atoms with Gasteiger partial charge in [-0.1, -0.05) is 0 Å². The van der Waals surface area contributed by atoms with Gasteiger partial charge in [-0.3, -0.25) is 4.79 Å². The molecule has 2 rings (SSSR count). The van der Waals surface area contributed by atoms with Gasteiger partial charge in [0.05, 0.1) is 11.1 Å². The first-order valence-corrected chi connectivity index (χ1v) is 6.55. The van der Waals surface area contributed by atoms with Crippen molar-refractivity contribution >= 4 is 21.8 Å². The van der Waals surface area contributed by atoms with E-state index in [9.17, 15) is 18.0 Å². The summed E-state index contributed by atoms with van der Waals surface area (Å²) in [4.78, 5) is 12.0. The van der Waals surface area contributed by atoms with E-state index in [1.165, 1.54) is 6.07 Å². The molecule has 1 aromatic carbocycles. The Labute approximate surface area is 116 Å². The van der Waals surface area contributed by atoms with Crippen LogP contribution in [-0.2, 0) is 6.18 Å². The van der Waals surface area contributed by atoms with Crippen molar-refractivity contribution in [1.29, 1.82) is 0 Å². The summed E-state index contributed by atoms with van der Waals surface area (Å²) in [5.74, 6) is -0.494. The van der Waals surface area contributed by atoms with Gasteiger partial charge in [-0.05, 0) is 47.1 Å². The summed E-state index contributed by atoms with van der Waals surface area (Å²) in [5, 5.41) is 5.79. The smallest absolute Gasteiger partial charge is 0.348 e. The molecule has 1 amide bonds. The number of carbonyl (C=O) groups excluding carboxylic acids is 1. The predicted octanol–water partition coefficient (Wildman–Crippen LogP) is 2.56. The third-order valence-corrected chi connectivity index (χ3v) is 3.63. The van der Waals surface area contributed by atoms with Crippen molar-refractivity contribution < 1.29 is 18.0 Å². The molecular formula is C12H12BrF3N2O. The zero-order valence-electron chi connectivity index (χ0n) is 9.85. The van der Waals surface area contributed by atoms with E-state index >= 15 is 0 Å². The number of benzene rings is 1. The molecule has 1 aliphatic rings. The second kappa shape index (κ2) is 5.50. The Balaban J connectivity index is 2.20. The third-order valence-electron chi connectivity index (χ3n) is 2.93. The minimum absolute atomic E-state index is 0.00160. The molecule has 1 aliphatic heterocycles. The number of alkyl halides is 3. The van der Waals surface area contributed by atoms with Gasteiger partial charge in [0.15, 0.2) is 0 Å². The van der Waals surface area contributed by atoms with Gasteiger partial charge in [0.1, 0.15) is 0 Å². The Morgan fingerprint density at radius 2 is 2.16 bits per heavy atom. The average Bonchev–Trinajstić information content (AvgIpc) is 2.80. The fourth-order valence-electron chi connectivity index (χ4n) is 1.92. The van der Waals surface area contributed by atoms with E-state index in [0.29, 0.717) is 11.0 Å². The van der Waals surface area contributed by atoms with E-state index in [1.54, 1.807) is 0 Å². The Bertz CT molecular complexity index is 484. The van der Waals surface area contributed by atoms with Crippen molar-refractivity contribution in [2.24, 2.45) is 0 Å². The lowest BCUT2D eigenvalue weighted by Crippen LogP contribution is -2.36. The van der Waals surface area contributed by atoms with Crippen molar-refractivity contribution in [3.8, 4) is 0 Å². The van der Waals surface area contributed by atoms with Crippen LogP contribution in [0.4, 0.5) is 13.2 Å².